The molecule has 0 aliphatic carbocycles. The van der Waals surface area contributed by atoms with Gasteiger partial charge in [-0.05, 0) is 24.3 Å². The molecule has 0 bridgehead atoms. The Kier molecular flexibility index (Phi) is 3.95. The van der Waals surface area contributed by atoms with Crippen molar-refractivity contribution < 1.29 is 17.6 Å². The number of rotatable bonds is 4. The summed E-state index contributed by atoms with van der Waals surface area (Å²) in [4.78, 5) is 10.8. The molecule has 20 heavy (non-hydrogen) atoms. The van der Waals surface area contributed by atoms with Gasteiger partial charge in [0.05, 0.1) is 0 Å². The number of aromatic nitrogens is 2. The van der Waals surface area contributed by atoms with Crippen LogP contribution in [0.25, 0.3) is 0 Å². The van der Waals surface area contributed by atoms with Crippen molar-refractivity contribution in [3.8, 4) is 0 Å². The minimum Gasteiger partial charge on any atom is -0.301 e. The molecule has 2 aromatic rings. The number of hydrogen-bond acceptors (Lipinski definition) is 6. The summed E-state index contributed by atoms with van der Waals surface area (Å²) in [6.07, 6.45) is 0. The number of carbonyl (C=O) groups is 1. The third-order valence-electron chi connectivity index (χ3n) is 2.02. The minimum atomic E-state index is -3.92. The molecular weight excluding hydrogens is 307 g/mol. The van der Waals surface area contributed by atoms with E-state index in [0.717, 1.165) is 12.1 Å². The van der Waals surface area contributed by atoms with Gasteiger partial charge in [-0.15, -0.1) is 10.2 Å². The maximum absolute atomic E-state index is 12.7. The third kappa shape index (κ3) is 3.48. The van der Waals surface area contributed by atoms with Gasteiger partial charge >= 0.3 is 0 Å². The Labute approximate surface area is 117 Å². The number of anilines is 2. The van der Waals surface area contributed by atoms with Crippen molar-refractivity contribution in [2.24, 2.45) is 0 Å². The topological polar surface area (TPSA) is 101 Å². The summed E-state index contributed by atoms with van der Waals surface area (Å²) in [7, 11) is -3.92. The van der Waals surface area contributed by atoms with Gasteiger partial charge in [0.1, 0.15) is 5.82 Å². The number of sulfonamides is 1. The molecule has 1 heterocycles. The van der Waals surface area contributed by atoms with E-state index < -0.39 is 15.8 Å². The molecule has 0 saturated carbocycles. The Bertz CT molecular complexity index is 727. The zero-order valence-electron chi connectivity index (χ0n) is 10.1. The van der Waals surface area contributed by atoms with Crippen LogP contribution >= 0.6 is 11.3 Å². The van der Waals surface area contributed by atoms with Gasteiger partial charge in [0.15, 0.2) is 0 Å². The Balaban J connectivity index is 2.19. The number of halogens is 1. The molecule has 106 valence electrons. The van der Waals surface area contributed by atoms with Crippen LogP contribution < -0.4 is 10.0 Å². The Morgan fingerprint density at radius 2 is 1.90 bits per heavy atom. The average molecular weight is 316 g/mol. The largest absolute Gasteiger partial charge is 0.301 e. The van der Waals surface area contributed by atoms with Crippen molar-refractivity contribution in [3.63, 3.8) is 0 Å². The van der Waals surface area contributed by atoms with Crippen LogP contribution in [0, 0.1) is 5.82 Å². The zero-order valence-corrected chi connectivity index (χ0v) is 11.8. The summed E-state index contributed by atoms with van der Waals surface area (Å²) < 4.78 is 38.6. The molecule has 2 N–H and O–H groups in total. The van der Waals surface area contributed by atoms with Crippen LogP contribution in [-0.4, -0.2) is 24.5 Å². The van der Waals surface area contributed by atoms with Gasteiger partial charge in [-0.3, -0.25) is 9.52 Å². The van der Waals surface area contributed by atoms with Crippen LogP contribution in [0.3, 0.4) is 0 Å². The number of amides is 1. The highest BCUT2D eigenvalue weighted by Gasteiger charge is 2.20. The van der Waals surface area contributed by atoms with E-state index in [-0.39, 0.29) is 21.1 Å². The lowest BCUT2D eigenvalue weighted by atomic mass is 10.3. The van der Waals surface area contributed by atoms with Gasteiger partial charge in [-0.25, -0.2) is 4.39 Å². The van der Waals surface area contributed by atoms with Crippen LogP contribution in [0.1, 0.15) is 6.92 Å². The Morgan fingerprint density at radius 3 is 2.50 bits per heavy atom. The van der Waals surface area contributed by atoms with Crippen molar-refractivity contribution in [3.05, 3.63) is 30.1 Å². The molecule has 0 aliphatic heterocycles. The van der Waals surface area contributed by atoms with Crippen molar-refractivity contribution in [2.75, 3.05) is 10.0 Å². The van der Waals surface area contributed by atoms with Gasteiger partial charge in [-0.2, -0.15) is 8.42 Å². The normalized spacial score (nSPS) is 11.1. The van der Waals surface area contributed by atoms with Crippen LogP contribution in [0.5, 0.6) is 0 Å². The lowest BCUT2D eigenvalue weighted by Gasteiger charge is -2.04. The molecule has 7 nitrogen and oxygen atoms in total. The van der Waals surface area contributed by atoms with Crippen molar-refractivity contribution in [1.29, 1.82) is 0 Å². The lowest BCUT2D eigenvalue weighted by Crippen LogP contribution is -2.12. The molecule has 0 fully saturated rings. The number of carbonyl (C=O) groups excluding carboxylic acids is 1. The molecule has 0 unspecified atom stereocenters. The first-order chi connectivity index (χ1) is 9.37. The smallest absolute Gasteiger partial charge is 0.291 e. The van der Waals surface area contributed by atoms with E-state index in [1.807, 2.05) is 0 Å². The van der Waals surface area contributed by atoms with E-state index in [0.29, 0.717) is 11.3 Å². The van der Waals surface area contributed by atoms with Gasteiger partial charge in [0.25, 0.3) is 14.4 Å². The second-order valence-corrected chi connectivity index (χ2v) is 6.50. The van der Waals surface area contributed by atoms with E-state index in [4.69, 9.17) is 0 Å². The van der Waals surface area contributed by atoms with E-state index in [1.165, 1.54) is 19.1 Å². The number of nitrogens with zero attached hydrogens (tertiary/aromatic N) is 2. The summed E-state index contributed by atoms with van der Waals surface area (Å²) >= 11 is 0.712. The standard InChI is InChI=1S/C10H9FN4O3S2/c1-6(16)12-9-13-14-10(19-9)20(17,18)15-8-4-2-7(11)3-5-8/h2-5,15H,1H3,(H,12,13,16). The van der Waals surface area contributed by atoms with Crippen molar-refractivity contribution in [1.82, 2.24) is 10.2 Å². The average Bonchev–Trinajstić information content (AvgIpc) is 2.80. The third-order valence-corrected chi connectivity index (χ3v) is 4.60. The number of benzene rings is 1. The number of nitrogens with one attached hydrogen (secondary N) is 2. The highest BCUT2D eigenvalue weighted by molar-refractivity contribution is 7.94. The van der Waals surface area contributed by atoms with Gasteiger partial charge in [0, 0.05) is 12.6 Å². The van der Waals surface area contributed by atoms with Crippen molar-refractivity contribution >= 4 is 38.1 Å². The van der Waals surface area contributed by atoms with E-state index >= 15 is 0 Å². The Morgan fingerprint density at radius 1 is 1.25 bits per heavy atom. The molecule has 1 amide bonds. The second kappa shape index (κ2) is 5.51. The first-order valence-electron chi connectivity index (χ1n) is 5.26. The minimum absolute atomic E-state index is 0.0805. The van der Waals surface area contributed by atoms with Crippen LogP contribution in [0.4, 0.5) is 15.2 Å². The predicted molar refractivity (Wildman–Crippen MR) is 71.4 cm³/mol. The summed E-state index contributed by atoms with van der Waals surface area (Å²) in [6, 6.07) is 4.81. The fourth-order valence-corrected chi connectivity index (χ4v) is 3.24. The molecule has 0 spiro atoms. The van der Waals surface area contributed by atoms with Crippen LogP contribution in [0.2, 0.25) is 0 Å². The van der Waals surface area contributed by atoms with E-state index in [9.17, 15) is 17.6 Å². The molecule has 1 aromatic heterocycles. The van der Waals surface area contributed by atoms with Gasteiger partial charge in [0.2, 0.25) is 11.0 Å². The van der Waals surface area contributed by atoms with Crippen LogP contribution in [-0.2, 0) is 14.8 Å². The maximum atomic E-state index is 12.7. The highest BCUT2D eigenvalue weighted by Crippen LogP contribution is 2.22. The summed E-state index contributed by atoms with van der Waals surface area (Å²) in [5.41, 5.74) is 0.197. The predicted octanol–water partition coefficient (Wildman–Crippen LogP) is 1.44. The SMILES string of the molecule is CC(=O)Nc1nnc(S(=O)(=O)Nc2ccc(F)cc2)s1. The zero-order chi connectivity index (χ0) is 14.8. The van der Waals surface area contributed by atoms with E-state index in [2.05, 4.69) is 20.2 Å². The van der Waals surface area contributed by atoms with Crippen LogP contribution in [0.15, 0.2) is 28.6 Å². The molecule has 10 heteroatoms. The molecule has 0 radical (unpaired) electrons. The molecule has 1 aromatic carbocycles. The fourth-order valence-electron chi connectivity index (χ4n) is 1.24. The summed E-state index contributed by atoms with van der Waals surface area (Å²) in [5, 5.41) is 9.43. The maximum Gasteiger partial charge on any atom is 0.291 e. The Hall–Kier alpha value is -2.07. The van der Waals surface area contributed by atoms with E-state index in [1.54, 1.807) is 0 Å². The number of hydrogen-bond donors (Lipinski definition) is 2. The summed E-state index contributed by atoms with van der Waals surface area (Å²) in [6.45, 7) is 1.27. The molecule has 2 rings (SSSR count). The van der Waals surface area contributed by atoms with Gasteiger partial charge < -0.3 is 5.32 Å². The molecule has 0 saturated heterocycles. The highest BCUT2D eigenvalue weighted by atomic mass is 32.2. The first kappa shape index (κ1) is 14.3. The second-order valence-electron chi connectivity index (χ2n) is 3.67. The quantitative estimate of drug-likeness (QED) is 0.831. The summed E-state index contributed by atoms with van der Waals surface area (Å²) in [5.74, 6) is -0.853. The van der Waals surface area contributed by atoms with Gasteiger partial charge in [-0.1, -0.05) is 11.3 Å². The molecule has 0 atom stereocenters. The lowest BCUT2D eigenvalue weighted by molar-refractivity contribution is -0.114. The molecular formula is C10H9FN4O3S2. The monoisotopic (exact) mass is 316 g/mol. The van der Waals surface area contributed by atoms with Crippen molar-refractivity contribution in [2.45, 2.75) is 11.3 Å². The fraction of sp³-hybridized carbons (Fsp3) is 0.100. The first-order valence-corrected chi connectivity index (χ1v) is 7.56. The molecule has 0 aliphatic rings.